The van der Waals surface area contributed by atoms with E-state index in [4.69, 9.17) is 37.9 Å². The van der Waals surface area contributed by atoms with Crippen molar-refractivity contribution in [2.24, 2.45) is 50.2 Å². The molecule has 0 spiro atoms. The predicted octanol–water partition coefficient (Wildman–Crippen LogP) is 0.271. The zero-order chi connectivity index (χ0) is 52.4. The fraction of sp³-hybridized carbons (Fsp3) is 0.942. The minimum atomic E-state index is -1.78. The van der Waals surface area contributed by atoms with Crippen LogP contribution in [-0.2, 0) is 42.7 Å². The van der Waals surface area contributed by atoms with Crippen LogP contribution in [0.5, 0.6) is 0 Å². The van der Waals surface area contributed by atoms with Crippen molar-refractivity contribution in [1.82, 2.24) is 0 Å². The van der Waals surface area contributed by atoms with Gasteiger partial charge in [0.2, 0.25) is 6.29 Å². The molecular formula is C52H84O20. The minimum Gasteiger partial charge on any atom is -0.432 e. The Morgan fingerprint density at radius 3 is 1.96 bits per heavy atom. The number of fused-ring (bicyclic) bond motifs is 7. The lowest BCUT2D eigenvalue weighted by Crippen LogP contribution is -2.66. The van der Waals surface area contributed by atoms with E-state index in [1.54, 1.807) is 0 Å². The lowest BCUT2D eigenvalue weighted by atomic mass is 9.33. The third-order valence-corrected chi connectivity index (χ3v) is 20.6. The van der Waals surface area contributed by atoms with Crippen molar-refractivity contribution < 1.29 is 98.9 Å². The molecule has 412 valence electrons. The van der Waals surface area contributed by atoms with Gasteiger partial charge < -0.3 is 94.1 Å². The van der Waals surface area contributed by atoms with Crippen LogP contribution in [0.15, 0.2) is 11.6 Å². The van der Waals surface area contributed by atoms with Gasteiger partial charge in [0.25, 0.3) is 0 Å². The van der Waals surface area contributed by atoms with Gasteiger partial charge in [-0.1, -0.05) is 60.1 Å². The van der Waals surface area contributed by atoms with Crippen molar-refractivity contribution in [3.8, 4) is 0 Å². The molecule has 4 aliphatic heterocycles. The summed E-state index contributed by atoms with van der Waals surface area (Å²) < 4.78 is 47.7. The first-order valence-corrected chi connectivity index (χ1v) is 26.5. The highest BCUT2D eigenvalue weighted by Gasteiger charge is 2.70. The molecule has 0 unspecified atom stereocenters. The van der Waals surface area contributed by atoms with Crippen LogP contribution in [-0.4, -0.2) is 199 Å². The molecule has 4 saturated carbocycles. The summed E-state index contributed by atoms with van der Waals surface area (Å²) in [6.45, 7) is 16.7. The lowest BCUT2D eigenvalue weighted by molar-refractivity contribution is -0.364. The quantitative estimate of drug-likeness (QED) is 0.0839. The smallest absolute Gasteiger partial charge is 0.315 e. The Balaban J connectivity index is 0.923. The van der Waals surface area contributed by atoms with E-state index >= 15 is 4.79 Å². The van der Waals surface area contributed by atoms with Crippen LogP contribution in [0.3, 0.4) is 0 Å². The molecule has 20 nitrogen and oxygen atoms in total. The third-order valence-electron chi connectivity index (χ3n) is 20.6. The summed E-state index contributed by atoms with van der Waals surface area (Å²) in [5, 5.41) is 117. The Kier molecular flexibility index (Phi) is 15.2. The number of hydrogen-bond donors (Lipinski definition) is 11. The van der Waals surface area contributed by atoms with Crippen molar-refractivity contribution in [3.63, 3.8) is 0 Å². The minimum absolute atomic E-state index is 0.0953. The largest absolute Gasteiger partial charge is 0.432 e. The molecule has 0 aromatic heterocycles. The Hall–Kier alpha value is -1.51. The van der Waals surface area contributed by atoms with Gasteiger partial charge in [-0.3, -0.25) is 4.79 Å². The van der Waals surface area contributed by atoms with Crippen LogP contribution in [0.1, 0.15) is 120 Å². The Bertz CT molecular complexity index is 1990. The molecule has 8 fully saturated rings. The average molecular weight is 1030 g/mol. The van der Waals surface area contributed by atoms with Crippen LogP contribution in [0.4, 0.5) is 0 Å². The summed E-state index contributed by atoms with van der Waals surface area (Å²) >= 11 is 0. The van der Waals surface area contributed by atoms with Gasteiger partial charge in [-0.2, -0.15) is 0 Å². The van der Waals surface area contributed by atoms with Crippen LogP contribution in [0, 0.1) is 50.2 Å². The molecular weight excluding hydrogens is 945 g/mol. The SMILES string of the molecule is C[C@@H]1O[C@@H](O[C@H]2[C@H](O[C@H]3CC[C@]4(C)[C@H]5CC=C6[C@H]7CC(C)(C)CC[C@]7(C(=O)O[C@@H]7O[C@H](CO[C@@H]8OC[C@@H](O)[C@H](O)[C@H]8O)[C@@H](O)[C@H](O)[C@H]7O)CC[C@@]6(C)[C@]5(C)CC[C@H]4C3(C)C)OC[C@H](O)[C@@H]2O)[C@H](O)[C@H](O)[C@H]1O. The molecule has 4 heterocycles. The van der Waals surface area contributed by atoms with E-state index in [2.05, 4.69) is 54.5 Å². The van der Waals surface area contributed by atoms with Crippen molar-refractivity contribution in [1.29, 1.82) is 0 Å². The number of hydrogen-bond acceptors (Lipinski definition) is 20. The number of aliphatic hydroxyl groups is 11. The molecule has 11 N–H and O–H groups in total. The van der Waals surface area contributed by atoms with Crippen molar-refractivity contribution in [2.75, 3.05) is 19.8 Å². The highest BCUT2D eigenvalue weighted by molar-refractivity contribution is 5.79. The average Bonchev–Trinajstić information content (AvgIpc) is 3.32. The van der Waals surface area contributed by atoms with E-state index in [1.165, 1.54) is 12.5 Å². The van der Waals surface area contributed by atoms with Crippen molar-refractivity contribution >= 4 is 5.97 Å². The summed E-state index contributed by atoms with van der Waals surface area (Å²) in [5.41, 5.74) is -0.761. The maximum atomic E-state index is 15.0. The second-order valence-corrected chi connectivity index (χ2v) is 25.4. The van der Waals surface area contributed by atoms with Crippen molar-refractivity contribution in [3.05, 3.63) is 11.6 Å². The number of aliphatic hydroxyl groups excluding tert-OH is 11. The maximum Gasteiger partial charge on any atom is 0.315 e. The first kappa shape index (κ1) is 55.3. The van der Waals surface area contributed by atoms with Crippen LogP contribution in [0.25, 0.3) is 0 Å². The molecule has 0 aromatic rings. The number of allylic oxidation sites excluding steroid dienone is 2. The summed E-state index contributed by atoms with van der Waals surface area (Å²) in [4.78, 5) is 15.0. The molecule has 72 heavy (non-hydrogen) atoms. The first-order chi connectivity index (χ1) is 33.6. The van der Waals surface area contributed by atoms with E-state index < -0.39 is 134 Å². The zero-order valence-electron chi connectivity index (χ0n) is 43.1. The van der Waals surface area contributed by atoms with E-state index in [0.29, 0.717) is 25.7 Å². The third kappa shape index (κ3) is 8.97. The molecule has 0 amide bonds. The standard InChI is InChI=1S/C52H84O20/c1-23-32(55)36(59)39(62)43(68-23)71-41-34(57)27(54)21-66-45(41)70-31-12-13-49(6)29(48(31,4)5)11-14-51(8)30(49)10-9-24-25-19-47(2,3)15-17-52(25,18-16-50(24,51)7)46(64)72-44-40(63)37(60)35(58)28(69-44)22-67-42-38(61)33(56)26(53)20-65-42/h9,23,25-45,53-63H,10-22H2,1-8H3/t23-,25+,26+,27-,28+,29-,30+,31-,32-,33-,34-,35+,36+,37-,38+,39+,40+,41+,42-,43-,44-,45-,49-,50+,51+,52-/m0/s1. The zero-order valence-corrected chi connectivity index (χ0v) is 43.1. The Morgan fingerprint density at radius 2 is 1.25 bits per heavy atom. The number of esters is 1. The molecule has 5 aliphatic carbocycles. The van der Waals surface area contributed by atoms with Gasteiger partial charge in [0.1, 0.15) is 79.4 Å². The van der Waals surface area contributed by atoms with Gasteiger partial charge in [-0.25, -0.2) is 0 Å². The molecule has 26 atom stereocenters. The summed E-state index contributed by atoms with van der Waals surface area (Å²) in [6.07, 6.45) is -16.6. The molecule has 9 rings (SSSR count). The summed E-state index contributed by atoms with van der Waals surface area (Å²) in [7, 11) is 0. The maximum absolute atomic E-state index is 15.0. The van der Waals surface area contributed by atoms with Crippen LogP contribution < -0.4 is 0 Å². The molecule has 0 radical (unpaired) electrons. The van der Waals surface area contributed by atoms with Gasteiger partial charge in [0, 0.05) is 0 Å². The predicted molar refractivity (Wildman–Crippen MR) is 249 cm³/mol. The lowest BCUT2D eigenvalue weighted by Gasteiger charge is -2.71. The molecule has 0 aromatic carbocycles. The van der Waals surface area contributed by atoms with E-state index in [9.17, 15) is 56.2 Å². The van der Waals surface area contributed by atoms with Gasteiger partial charge >= 0.3 is 5.97 Å². The summed E-state index contributed by atoms with van der Waals surface area (Å²) in [6, 6.07) is 0. The second-order valence-electron chi connectivity index (χ2n) is 25.4. The topological polar surface area (TPSA) is 313 Å². The van der Waals surface area contributed by atoms with E-state index in [-0.39, 0.29) is 58.7 Å². The van der Waals surface area contributed by atoms with Gasteiger partial charge in [-0.15, -0.1) is 0 Å². The summed E-state index contributed by atoms with van der Waals surface area (Å²) in [5.74, 6) is -0.243. The highest BCUT2D eigenvalue weighted by Crippen LogP contribution is 2.76. The first-order valence-electron chi connectivity index (χ1n) is 26.5. The molecule has 9 aliphatic rings. The normalized spacial score (nSPS) is 54.2. The van der Waals surface area contributed by atoms with Crippen molar-refractivity contribution in [2.45, 2.75) is 236 Å². The number of ether oxygens (including phenoxy) is 8. The molecule has 0 bridgehead atoms. The van der Waals surface area contributed by atoms with Crippen LogP contribution >= 0.6 is 0 Å². The molecule has 4 saturated heterocycles. The van der Waals surface area contributed by atoms with Gasteiger partial charge in [0.05, 0.1) is 37.4 Å². The fourth-order valence-electron chi connectivity index (χ4n) is 15.8. The fourth-order valence-corrected chi connectivity index (χ4v) is 15.8. The number of carbonyl (C=O) groups excluding carboxylic acids is 1. The monoisotopic (exact) mass is 1030 g/mol. The van der Waals surface area contributed by atoms with E-state index in [1.807, 2.05) is 0 Å². The number of carbonyl (C=O) groups is 1. The Labute approximate surface area is 421 Å². The van der Waals surface area contributed by atoms with Gasteiger partial charge in [-0.05, 0) is 116 Å². The van der Waals surface area contributed by atoms with Gasteiger partial charge in [0.15, 0.2) is 18.9 Å². The molecule has 20 heteroatoms. The van der Waals surface area contributed by atoms with E-state index in [0.717, 1.165) is 38.5 Å². The Morgan fingerprint density at radius 1 is 0.625 bits per heavy atom. The highest BCUT2D eigenvalue weighted by atomic mass is 16.8. The van der Waals surface area contributed by atoms with Crippen LogP contribution in [0.2, 0.25) is 0 Å². The second kappa shape index (κ2) is 19.7. The number of rotatable bonds is 9.